The molecule has 1 unspecified atom stereocenters. The average Bonchev–Trinajstić information content (AvgIpc) is 2.37. The molecule has 7 heteroatoms. The number of aliphatic carboxylic acids is 1. The van der Waals surface area contributed by atoms with Gasteiger partial charge in [0.1, 0.15) is 12.6 Å². The Balaban J connectivity index is 2.33. The van der Waals surface area contributed by atoms with Crippen LogP contribution in [-0.2, 0) is 9.59 Å². The molecule has 2 amide bonds. The summed E-state index contributed by atoms with van der Waals surface area (Å²) in [6, 6.07) is 3.65. The van der Waals surface area contributed by atoms with Gasteiger partial charge in [0.25, 0.3) is 5.91 Å². The molecule has 20 heavy (non-hydrogen) atoms. The number of amides is 2. The van der Waals surface area contributed by atoms with Gasteiger partial charge >= 0.3 is 5.97 Å². The third kappa shape index (κ3) is 2.75. The smallest absolute Gasteiger partial charge is 0.328 e. The van der Waals surface area contributed by atoms with Gasteiger partial charge in [-0.25, -0.2) is 4.79 Å². The molecule has 0 aromatic heterocycles. The molecule has 1 fully saturated rings. The van der Waals surface area contributed by atoms with Crippen LogP contribution in [0.3, 0.4) is 0 Å². The number of nitrogens with zero attached hydrogens (tertiary/aromatic N) is 1. The van der Waals surface area contributed by atoms with Crippen molar-refractivity contribution in [3.63, 3.8) is 0 Å². The first-order chi connectivity index (χ1) is 9.40. The number of rotatable bonds is 2. The van der Waals surface area contributed by atoms with E-state index < -0.39 is 17.9 Å². The second kappa shape index (κ2) is 5.50. The number of halogens is 1. The van der Waals surface area contributed by atoms with E-state index in [9.17, 15) is 14.4 Å². The summed E-state index contributed by atoms with van der Waals surface area (Å²) in [7, 11) is 0. The van der Waals surface area contributed by atoms with Gasteiger partial charge in [-0.3, -0.25) is 9.59 Å². The quantitative estimate of drug-likeness (QED) is 0.840. The molecule has 1 aromatic rings. The lowest BCUT2D eigenvalue weighted by atomic mass is 10.1. The number of aryl methyl sites for hydroxylation is 1. The SMILES string of the molecule is Cc1cc(Cl)ccc1C(=O)N1CC(=O)NCC1C(=O)O. The fourth-order valence-electron chi connectivity index (χ4n) is 2.10. The van der Waals surface area contributed by atoms with Crippen molar-refractivity contribution < 1.29 is 19.5 Å². The number of hydrogen-bond acceptors (Lipinski definition) is 3. The van der Waals surface area contributed by atoms with Crippen LogP contribution in [0.2, 0.25) is 5.02 Å². The molecule has 0 saturated carbocycles. The lowest BCUT2D eigenvalue weighted by Crippen LogP contribution is -2.59. The molecule has 1 saturated heterocycles. The summed E-state index contributed by atoms with van der Waals surface area (Å²) in [5, 5.41) is 12.1. The minimum Gasteiger partial charge on any atom is -0.480 e. The van der Waals surface area contributed by atoms with Crippen molar-refractivity contribution in [3.05, 3.63) is 34.3 Å². The normalized spacial score (nSPS) is 18.6. The highest BCUT2D eigenvalue weighted by atomic mass is 35.5. The number of nitrogens with one attached hydrogen (secondary N) is 1. The van der Waals surface area contributed by atoms with E-state index in [0.29, 0.717) is 16.1 Å². The molecule has 0 spiro atoms. The Morgan fingerprint density at radius 2 is 2.15 bits per heavy atom. The number of benzene rings is 1. The van der Waals surface area contributed by atoms with Crippen LogP contribution >= 0.6 is 11.6 Å². The number of piperazine rings is 1. The molecular formula is C13H13ClN2O4. The van der Waals surface area contributed by atoms with Gasteiger partial charge < -0.3 is 15.3 Å². The predicted octanol–water partition coefficient (Wildman–Crippen LogP) is 0.674. The van der Waals surface area contributed by atoms with Crippen molar-refractivity contribution in [3.8, 4) is 0 Å². The molecular weight excluding hydrogens is 284 g/mol. The molecule has 2 N–H and O–H groups in total. The van der Waals surface area contributed by atoms with Gasteiger partial charge in [-0.05, 0) is 30.7 Å². The number of carbonyl (C=O) groups is 3. The highest BCUT2D eigenvalue weighted by Gasteiger charge is 2.35. The van der Waals surface area contributed by atoms with Gasteiger partial charge in [0.2, 0.25) is 5.91 Å². The van der Waals surface area contributed by atoms with Crippen molar-refractivity contribution in [1.82, 2.24) is 10.2 Å². The van der Waals surface area contributed by atoms with Crippen LogP contribution in [0.1, 0.15) is 15.9 Å². The molecule has 106 valence electrons. The van der Waals surface area contributed by atoms with Crippen LogP contribution in [0.15, 0.2) is 18.2 Å². The van der Waals surface area contributed by atoms with Gasteiger partial charge in [-0.1, -0.05) is 11.6 Å². The summed E-state index contributed by atoms with van der Waals surface area (Å²) in [6.07, 6.45) is 0. The van der Waals surface area contributed by atoms with E-state index >= 15 is 0 Å². The third-order valence-electron chi connectivity index (χ3n) is 3.15. The first kappa shape index (κ1) is 14.3. The Hall–Kier alpha value is -2.08. The van der Waals surface area contributed by atoms with Crippen LogP contribution < -0.4 is 5.32 Å². The number of carbonyl (C=O) groups excluding carboxylic acids is 2. The Kier molecular flexibility index (Phi) is 3.94. The van der Waals surface area contributed by atoms with Gasteiger partial charge in [0.05, 0.1) is 0 Å². The van der Waals surface area contributed by atoms with E-state index in [4.69, 9.17) is 16.7 Å². The molecule has 0 aliphatic carbocycles. The fraction of sp³-hybridized carbons (Fsp3) is 0.308. The highest BCUT2D eigenvalue weighted by molar-refractivity contribution is 6.30. The maximum atomic E-state index is 12.4. The summed E-state index contributed by atoms with van der Waals surface area (Å²) in [5.74, 6) is -2.01. The molecule has 6 nitrogen and oxygen atoms in total. The van der Waals surface area contributed by atoms with E-state index in [1.807, 2.05) is 0 Å². The van der Waals surface area contributed by atoms with Crippen LogP contribution in [0.5, 0.6) is 0 Å². The van der Waals surface area contributed by atoms with Crippen LogP contribution in [0, 0.1) is 6.92 Å². The molecule has 1 heterocycles. The van der Waals surface area contributed by atoms with Crippen molar-refractivity contribution in [2.75, 3.05) is 13.1 Å². The van der Waals surface area contributed by atoms with Crippen molar-refractivity contribution in [1.29, 1.82) is 0 Å². The first-order valence-corrected chi connectivity index (χ1v) is 6.34. The lowest BCUT2D eigenvalue weighted by molar-refractivity contribution is -0.144. The van der Waals surface area contributed by atoms with Crippen molar-refractivity contribution in [2.24, 2.45) is 0 Å². The summed E-state index contributed by atoms with van der Waals surface area (Å²) in [5.41, 5.74) is 0.980. The van der Waals surface area contributed by atoms with Crippen molar-refractivity contribution >= 4 is 29.4 Å². The zero-order chi connectivity index (χ0) is 14.9. The predicted molar refractivity (Wildman–Crippen MR) is 71.7 cm³/mol. The Bertz CT molecular complexity index is 588. The summed E-state index contributed by atoms with van der Waals surface area (Å²) in [4.78, 5) is 36.1. The van der Waals surface area contributed by atoms with Crippen LogP contribution in [-0.4, -0.2) is 46.9 Å². The zero-order valence-electron chi connectivity index (χ0n) is 10.7. The van der Waals surface area contributed by atoms with E-state index in [1.165, 1.54) is 6.07 Å². The number of hydrogen-bond donors (Lipinski definition) is 2. The molecule has 1 atom stereocenters. The molecule has 1 aliphatic rings. The maximum Gasteiger partial charge on any atom is 0.328 e. The number of carboxylic acid groups (broad SMARTS) is 1. The van der Waals surface area contributed by atoms with Crippen LogP contribution in [0.4, 0.5) is 0 Å². The van der Waals surface area contributed by atoms with E-state index in [1.54, 1.807) is 19.1 Å². The Morgan fingerprint density at radius 1 is 1.45 bits per heavy atom. The highest BCUT2D eigenvalue weighted by Crippen LogP contribution is 2.18. The van der Waals surface area contributed by atoms with Gasteiger partial charge in [-0.2, -0.15) is 0 Å². The van der Waals surface area contributed by atoms with Gasteiger partial charge in [0.15, 0.2) is 0 Å². The largest absolute Gasteiger partial charge is 0.480 e. The molecule has 0 radical (unpaired) electrons. The number of carboxylic acids is 1. The fourth-order valence-corrected chi connectivity index (χ4v) is 2.32. The van der Waals surface area contributed by atoms with Crippen molar-refractivity contribution in [2.45, 2.75) is 13.0 Å². The standard InChI is InChI=1S/C13H13ClN2O4/c1-7-4-8(14)2-3-9(7)12(18)16-6-11(17)15-5-10(16)13(19)20/h2-4,10H,5-6H2,1H3,(H,15,17)(H,19,20). The zero-order valence-corrected chi connectivity index (χ0v) is 11.5. The molecule has 2 rings (SSSR count). The first-order valence-electron chi connectivity index (χ1n) is 5.97. The van der Waals surface area contributed by atoms with Crippen LogP contribution in [0.25, 0.3) is 0 Å². The Labute approximate surface area is 120 Å². The summed E-state index contributed by atoms with van der Waals surface area (Å²) in [6.45, 7) is 1.35. The second-order valence-electron chi connectivity index (χ2n) is 4.55. The topological polar surface area (TPSA) is 86.7 Å². The van der Waals surface area contributed by atoms with E-state index in [-0.39, 0.29) is 19.0 Å². The lowest BCUT2D eigenvalue weighted by Gasteiger charge is -2.33. The van der Waals surface area contributed by atoms with Gasteiger partial charge in [0, 0.05) is 17.1 Å². The summed E-state index contributed by atoms with van der Waals surface area (Å²) < 4.78 is 0. The Morgan fingerprint density at radius 3 is 2.75 bits per heavy atom. The molecule has 1 aliphatic heterocycles. The third-order valence-corrected chi connectivity index (χ3v) is 3.38. The average molecular weight is 297 g/mol. The monoisotopic (exact) mass is 296 g/mol. The molecule has 0 bridgehead atoms. The van der Waals surface area contributed by atoms with E-state index in [2.05, 4.69) is 5.32 Å². The van der Waals surface area contributed by atoms with Gasteiger partial charge in [-0.15, -0.1) is 0 Å². The maximum absolute atomic E-state index is 12.4. The second-order valence-corrected chi connectivity index (χ2v) is 4.99. The molecule has 1 aromatic carbocycles. The van der Waals surface area contributed by atoms with E-state index in [0.717, 1.165) is 4.90 Å². The summed E-state index contributed by atoms with van der Waals surface area (Å²) >= 11 is 5.83. The minimum atomic E-state index is -1.15. The minimum absolute atomic E-state index is 0.0907.